The molecule has 0 bridgehead atoms. The normalized spacial score (nSPS) is 15.0. The van der Waals surface area contributed by atoms with Crippen molar-refractivity contribution in [3.63, 3.8) is 0 Å². The van der Waals surface area contributed by atoms with Crippen LogP contribution in [0.4, 0.5) is 13.2 Å². The molecule has 0 unspecified atom stereocenters. The molecule has 5 nitrogen and oxygen atoms in total. The Morgan fingerprint density at radius 3 is 2.17 bits per heavy atom. The average Bonchev–Trinajstić information content (AvgIpc) is 2.74. The SMILES string of the molecule is COc1ccc(CC(=O)N2CCC(NC(=O)c3ccc(C(F)(F)F)cc3)CC2)cc1. The van der Waals surface area contributed by atoms with E-state index >= 15 is 0 Å². The Morgan fingerprint density at radius 1 is 1.03 bits per heavy atom. The molecule has 1 fully saturated rings. The lowest BCUT2D eigenvalue weighted by molar-refractivity contribution is -0.137. The van der Waals surface area contributed by atoms with Gasteiger partial charge < -0.3 is 15.0 Å². The molecule has 0 aliphatic carbocycles. The summed E-state index contributed by atoms with van der Waals surface area (Å²) >= 11 is 0. The lowest BCUT2D eigenvalue weighted by atomic mass is 10.0. The van der Waals surface area contributed by atoms with E-state index in [-0.39, 0.29) is 17.5 Å². The molecule has 0 spiro atoms. The summed E-state index contributed by atoms with van der Waals surface area (Å²) in [6.45, 7) is 1.04. The third-order valence-corrected chi connectivity index (χ3v) is 5.17. The van der Waals surface area contributed by atoms with Crippen LogP contribution >= 0.6 is 0 Å². The number of rotatable bonds is 5. The Hall–Kier alpha value is -3.03. The number of hydrogen-bond acceptors (Lipinski definition) is 3. The molecule has 2 aromatic carbocycles. The molecule has 1 saturated heterocycles. The molecule has 30 heavy (non-hydrogen) atoms. The Morgan fingerprint density at radius 2 is 1.63 bits per heavy atom. The van der Waals surface area contributed by atoms with Crippen molar-refractivity contribution in [3.8, 4) is 5.75 Å². The highest BCUT2D eigenvalue weighted by molar-refractivity contribution is 5.94. The number of benzene rings is 2. The van der Waals surface area contributed by atoms with Crippen LogP contribution in [0.5, 0.6) is 5.75 Å². The van der Waals surface area contributed by atoms with Gasteiger partial charge in [0.05, 0.1) is 19.1 Å². The number of alkyl halides is 3. The van der Waals surface area contributed by atoms with Gasteiger partial charge in [-0.15, -0.1) is 0 Å². The number of piperidine rings is 1. The van der Waals surface area contributed by atoms with Crippen molar-refractivity contribution in [3.05, 3.63) is 65.2 Å². The van der Waals surface area contributed by atoms with Gasteiger partial charge in [0, 0.05) is 24.7 Å². The van der Waals surface area contributed by atoms with E-state index in [0.29, 0.717) is 32.4 Å². The van der Waals surface area contributed by atoms with Crippen LogP contribution in [0, 0.1) is 0 Å². The van der Waals surface area contributed by atoms with Crippen LogP contribution < -0.4 is 10.1 Å². The molecule has 8 heteroatoms. The summed E-state index contributed by atoms with van der Waals surface area (Å²) in [5.41, 5.74) is 0.294. The van der Waals surface area contributed by atoms with E-state index in [1.165, 1.54) is 12.1 Å². The second-order valence-electron chi connectivity index (χ2n) is 7.23. The third kappa shape index (κ3) is 5.52. The van der Waals surface area contributed by atoms with Crippen LogP contribution in [0.1, 0.15) is 34.3 Å². The second-order valence-corrected chi connectivity index (χ2v) is 7.23. The van der Waals surface area contributed by atoms with Crippen molar-refractivity contribution in [2.75, 3.05) is 20.2 Å². The monoisotopic (exact) mass is 420 g/mol. The van der Waals surface area contributed by atoms with Crippen molar-refractivity contribution in [2.24, 2.45) is 0 Å². The molecule has 1 aliphatic rings. The van der Waals surface area contributed by atoms with Crippen molar-refractivity contribution in [1.82, 2.24) is 10.2 Å². The molecule has 0 aromatic heterocycles. The standard InChI is InChI=1S/C22H23F3N2O3/c1-30-19-8-2-15(3-9-19)14-20(28)27-12-10-18(11-13-27)26-21(29)16-4-6-17(7-5-16)22(23,24)25/h2-9,18H,10-14H2,1H3,(H,26,29). The van der Waals surface area contributed by atoms with Crippen molar-refractivity contribution in [2.45, 2.75) is 31.5 Å². The van der Waals surface area contributed by atoms with Crippen molar-refractivity contribution >= 4 is 11.8 Å². The molecule has 0 atom stereocenters. The van der Waals surface area contributed by atoms with Crippen LogP contribution in [0.3, 0.4) is 0 Å². The zero-order valence-electron chi connectivity index (χ0n) is 16.5. The highest BCUT2D eigenvalue weighted by Crippen LogP contribution is 2.29. The molecule has 0 radical (unpaired) electrons. The maximum Gasteiger partial charge on any atom is 0.416 e. The maximum atomic E-state index is 12.6. The summed E-state index contributed by atoms with van der Waals surface area (Å²) in [5.74, 6) is 0.343. The van der Waals surface area contributed by atoms with E-state index < -0.39 is 17.6 Å². The molecule has 1 heterocycles. The first-order valence-electron chi connectivity index (χ1n) is 9.65. The Labute approximate surface area is 172 Å². The number of ether oxygens (including phenoxy) is 1. The zero-order valence-corrected chi connectivity index (χ0v) is 16.5. The lowest BCUT2D eigenvalue weighted by Crippen LogP contribution is -2.47. The Kier molecular flexibility index (Phi) is 6.64. The lowest BCUT2D eigenvalue weighted by Gasteiger charge is -2.32. The topological polar surface area (TPSA) is 58.6 Å². The number of likely N-dealkylation sites (tertiary alicyclic amines) is 1. The van der Waals surface area contributed by atoms with Gasteiger partial charge in [-0.2, -0.15) is 13.2 Å². The number of halogens is 3. The number of methoxy groups -OCH3 is 1. The predicted octanol–water partition coefficient (Wildman–Crippen LogP) is 3.68. The number of amides is 2. The minimum Gasteiger partial charge on any atom is -0.497 e. The predicted molar refractivity (Wildman–Crippen MR) is 105 cm³/mol. The van der Waals surface area contributed by atoms with E-state index in [9.17, 15) is 22.8 Å². The van der Waals surface area contributed by atoms with Crippen molar-refractivity contribution < 1.29 is 27.5 Å². The highest BCUT2D eigenvalue weighted by atomic mass is 19.4. The molecule has 3 rings (SSSR count). The fourth-order valence-corrected chi connectivity index (χ4v) is 3.38. The first kappa shape index (κ1) is 21.7. The van der Waals surface area contributed by atoms with Gasteiger partial charge >= 0.3 is 6.18 Å². The molecule has 160 valence electrons. The van der Waals surface area contributed by atoms with Crippen LogP contribution in [-0.2, 0) is 17.4 Å². The number of carbonyl (C=O) groups is 2. The largest absolute Gasteiger partial charge is 0.497 e. The summed E-state index contributed by atoms with van der Waals surface area (Å²) < 4.78 is 43.0. The summed E-state index contributed by atoms with van der Waals surface area (Å²) in [4.78, 5) is 26.6. The summed E-state index contributed by atoms with van der Waals surface area (Å²) in [5, 5.41) is 2.84. The van der Waals surface area contributed by atoms with Crippen molar-refractivity contribution in [1.29, 1.82) is 0 Å². The molecule has 2 aromatic rings. The van der Waals surface area contributed by atoms with E-state index in [2.05, 4.69) is 5.32 Å². The van der Waals surface area contributed by atoms with E-state index in [0.717, 1.165) is 23.4 Å². The quantitative estimate of drug-likeness (QED) is 0.803. The smallest absolute Gasteiger partial charge is 0.416 e. The first-order valence-corrected chi connectivity index (χ1v) is 9.65. The molecule has 2 amide bonds. The summed E-state index contributed by atoms with van der Waals surface area (Å²) in [6.07, 6.45) is -2.94. The molecule has 0 saturated carbocycles. The maximum absolute atomic E-state index is 12.6. The van der Waals surface area contributed by atoms with E-state index in [4.69, 9.17) is 4.74 Å². The molecular formula is C22H23F3N2O3. The second kappa shape index (κ2) is 9.19. The van der Waals surface area contributed by atoms with Gasteiger partial charge in [-0.05, 0) is 54.8 Å². The van der Waals surface area contributed by atoms with E-state index in [1.54, 1.807) is 12.0 Å². The average molecular weight is 420 g/mol. The zero-order chi connectivity index (χ0) is 21.7. The summed E-state index contributed by atoms with van der Waals surface area (Å²) in [7, 11) is 1.58. The van der Waals surface area contributed by atoms with Gasteiger partial charge in [0.1, 0.15) is 5.75 Å². The molecular weight excluding hydrogens is 397 g/mol. The summed E-state index contributed by atoms with van der Waals surface area (Å²) in [6, 6.07) is 11.4. The number of nitrogens with one attached hydrogen (secondary N) is 1. The Bertz CT molecular complexity index is 872. The van der Waals surface area contributed by atoms with Gasteiger partial charge in [-0.1, -0.05) is 12.1 Å². The number of carbonyl (C=O) groups excluding carboxylic acids is 2. The van der Waals surface area contributed by atoms with Crippen LogP contribution in [0.2, 0.25) is 0 Å². The first-order chi connectivity index (χ1) is 14.3. The minimum atomic E-state index is -4.43. The van der Waals surface area contributed by atoms with Gasteiger partial charge in [-0.3, -0.25) is 9.59 Å². The van der Waals surface area contributed by atoms with Gasteiger partial charge in [-0.25, -0.2) is 0 Å². The van der Waals surface area contributed by atoms with Gasteiger partial charge in [0.2, 0.25) is 5.91 Å². The third-order valence-electron chi connectivity index (χ3n) is 5.17. The van der Waals surface area contributed by atoms with Crippen LogP contribution in [0.15, 0.2) is 48.5 Å². The molecule has 1 N–H and O–H groups in total. The van der Waals surface area contributed by atoms with Gasteiger partial charge in [0.25, 0.3) is 5.91 Å². The van der Waals surface area contributed by atoms with E-state index in [1.807, 2.05) is 24.3 Å². The number of hydrogen-bond donors (Lipinski definition) is 1. The van der Waals surface area contributed by atoms with Gasteiger partial charge in [0.15, 0.2) is 0 Å². The fourth-order valence-electron chi connectivity index (χ4n) is 3.38. The van der Waals surface area contributed by atoms with Crippen LogP contribution in [0.25, 0.3) is 0 Å². The Balaban J connectivity index is 1.47. The minimum absolute atomic E-state index is 0.0210. The fraction of sp³-hybridized carbons (Fsp3) is 0.364. The highest BCUT2D eigenvalue weighted by Gasteiger charge is 2.30. The van der Waals surface area contributed by atoms with Crippen LogP contribution in [-0.4, -0.2) is 43.0 Å². The molecule has 1 aliphatic heterocycles. The number of nitrogens with zero attached hydrogens (tertiary/aromatic N) is 1.